The Bertz CT molecular complexity index is 542. The molecule has 2 heterocycles. The first-order chi connectivity index (χ1) is 10.2. The molecule has 0 amide bonds. The highest BCUT2D eigenvalue weighted by Gasteiger charge is 2.13. The van der Waals surface area contributed by atoms with Crippen LogP contribution in [0.4, 0.5) is 6.01 Å². The van der Waals surface area contributed by atoms with Crippen molar-refractivity contribution in [1.82, 2.24) is 20.5 Å². The summed E-state index contributed by atoms with van der Waals surface area (Å²) in [7, 11) is 1.67. The fourth-order valence-electron chi connectivity index (χ4n) is 1.69. The summed E-state index contributed by atoms with van der Waals surface area (Å²) in [6, 6.07) is 0.462. The fraction of sp³-hybridized carbons (Fsp3) is 0.615. The number of anilines is 1. The van der Waals surface area contributed by atoms with E-state index in [9.17, 15) is 0 Å². The number of hydrogen-bond acceptors (Lipinski definition) is 8. The first kappa shape index (κ1) is 15.9. The Balaban J connectivity index is 1.83. The van der Waals surface area contributed by atoms with Gasteiger partial charge in [-0.15, -0.1) is 16.4 Å². The van der Waals surface area contributed by atoms with Crippen molar-refractivity contribution >= 4 is 17.4 Å². The summed E-state index contributed by atoms with van der Waals surface area (Å²) >= 11 is 1.70. The Morgan fingerprint density at radius 2 is 2.29 bits per heavy atom. The minimum Gasteiger partial charge on any atom is -0.407 e. The van der Waals surface area contributed by atoms with Gasteiger partial charge in [0.25, 0.3) is 0 Å². The van der Waals surface area contributed by atoms with E-state index in [4.69, 9.17) is 9.15 Å². The van der Waals surface area contributed by atoms with Crippen LogP contribution in [0.2, 0.25) is 0 Å². The Hall–Kier alpha value is -1.51. The molecule has 8 heteroatoms. The molecule has 2 N–H and O–H groups in total. The largest absolute Gasteiger partial charge is 0.407 e. The maximum absolute atomic E-state index is 5.53. The second-order valence-electron chi connectivity index (χ2n) is 4.55. The highest BCUT2D eigenvalue weighted by molar-refractivity contribution is 7.11. The predicted molar refractivity (Wildman–Crippen MR) is 81.4 cm³/mol. The molecule has 21 heavy (non-hydrogen) atoms. The van der Waals surface area contributed by atoms with Gasteiger partial charge < -0.3 is 19.8 Å². The fourth-order valence-corrected chi connectivity index (χ4v) is 2.55. The lowest BCUT2D eigenvalue weighted by Crippen LogP contribution is -2.18. The molecule has 0 aliphatic heterocycles. The zero-order valence-corrected chi connectivity index (χ0v) is 13.4. The quantitative estimate of drug-likeness (QED) is 0.685. The molecule has 1 unspecified atom stereocenters. The molecule has 0 saturated heterocycles. The van der Waals surface area contributed by atoms with Crippen LogP contribution in [0.1, 0.15) is 35.7 Å². The van der Waals surface area contributed by atoms with E-state index in [1.165, 1.54) is 4.88 Å². The standard InChI is InChI=1S/C13H21N5O2S/c1-4-10-7-15-12(21-10)9(2)16-13-18-17-11(20-13)8-14-5-6-19-3/h7,9,14H,4-6,8H2,1-3H3,(H,16,18). The lowest BCUT2D eigenvalue weighted by Gasteiger charge is -2.07. The number of rotatable bonds is 9. The summed E-state index contributed by atoms with van der Waals surface area (Å²) in [6.07, 6.45) is 2.92. The third kappa shape index (κ3) is 4.76. The Labute approximate surface area is 128 Å². The number of aromatic nitrogens is 3. The maximum atomic E-state index is 5.53. The van der Waals surface area contributed by atoms with Crippen molar-refractivity contribution in [3.8, 4) is 0 Å². The van der Waals surface area contributed by atoms with E-state index in [0.29, 0.717) is 25.1 Å². The molecule has 0 fully saturated rings. The summed E-state index contributed by atoms with van der Waals surface area (Å²) in [6.45, 7) is 6.08. The molecular weight excluding hydrogens is 290 g/mol. The molecular formula is C13H21N5O2S. The molecule has 0 saturated carbocycles. The van der Waals surface area contributed by atoms with Crippen molar-refractivity contribution in [2.45, 2.75) is 32.9 Å². The average molecular weight is 311 g/mol. The molecule has 0 aromatic carbocycles. The molecule has 2 rings (SSSR count). The smallest absolute Gasteiger partial charge is 0.316 e. The maximum Gasteiger partial charge on any atom is 0.316 e. The number of hydrogen-bond donors (Lipinski definition) is 2. The minimum absolute atomic E-state index is 0.0463. The zero-order chi connectivity index (χ0) is 15.1. The second-order valence-corrected chi connectivity index (χ2v) is 5.70. The normalized spacial score (nSPS) is 12.5. The van der Waals surface area contributed by atoms with E-state index >= 15 is 0 Å². The Kier molecular flexibility index (Phi) is 6.09. The number of nitrogens with zero attached hydrogens (tertiary/aromatic N) is 3. The van der Waals surface area contributed by atoms with E-state index in [2.05, 4.69) is 32.7 Å². The SMILES string of the molecule is CCc1cnc(C(C)Nc2nnc(CNCCOC)o2)s1. The lowest BCUT2D eigenvalue weighted by atomic mass is 10.4. The van der Waals surface area contributed by atoms with Gasteiger partial charge in [0, 0.05) is 24.7 Å². The van der Waals surface area contributed by atoms with Crippen LogP contribution in [-0.4, -0.2) is 35.4 Å². The number of thiazole rings is 1. The van der Waals surface area contributed by atoms with Crippen molar-refractivity contribution in [2.75, 3.05) is 25.6 Å². The van der Waals surface area contributed by atoms with Crippen LogP contribution in [0.5, 0.6) is 0 Å². The van der Waals surface area contributed by atoms with E-state index in [1.54, 1.807) is 18.4 Å². The van der Waals surface area contributed by atoms with Crippen molar-refractivity contribution in [1.29, 1.82) is 0 Å². The van der Waals surface area contributed by atoms with E-state index in [-0.39, 0.29) is 6.04 Å². The molecule has 0 spiro atoms. The number of aryl methyl sites for hydroxylation is 1. The van der Waals surface area contributed by atoms with Gasteiger partial charge in [0.2, 0.25) is 5.89 Å². The average Bonchev–Trinajstić information content (AvgIpc) is 3.12. The van der Waals surface area contributed by atoms with Crippen molar-refractivity contribution < 1.29 is 9.15 Å². The minimum atomic E-state index is 0.0463. The number of ether oxygens (including phenoxy) is 1. The van der Waals surface area contributed by atoms with Crippen molar-refractivity contribution in [3.05, 3.63) is 22.0 Å². The number of nitrogens with one attached hydrogen (secondary N) is 2. The first-order valence-electron chi connectivity index (χ1n) is 6.96. The molecule has 1 atom stereocenters. The molecule has 2 aromatic heterocycles. The van der Waals surface area contributed by atoms with Crippen LogP contribution in [0.15, 0.2) is 10.6 Å². The first-order valence-corrected chi connectivity index (χ1v) is 7.77. The van der Waals surface area contributed by atoms with Crippen LogP contribution in [-0.2, 0) is 17.7 Å². The van der Waals surface area contributed by atoms with Crippen molar-refractivity contribution in [3.63, 3.8) is 0 Å². The van der Waals surface area contributed by atoms with Gasteiger partial charge in [-0.3, -0.25) is 0 Å². The summed E-state index contributed by atoms with van der Waals surface area (Å²) in [5, 5.41) is 15.3. The monoisotopic (exact) mass is 311 g/mol. The zero-order valence-electron chi connectivity index (χ0n) is 12.5. The van der Waals surface area contributed by atoms with E-state index in [1.807, 2.05) is 13.1 Å². The molecule has 7 nitrogen and oxygen atoms in total. The van der Waals surface area contributed by atoms with Crippen LogP contribution in [0.25, 0.3) is 0 Å². The van der Waals surface area contributed by atoms with E-state index < -0.39 is 0 Å². The van der Waals surface area contributed by atoms with Gasteiger partial charge >= 0.3 is 6.01 Å². The summed E-state index contributed by atoms with van der Waals surface area (Å²) < 4.78 is 10.5. The second kappa shape index (κ2) is 8.06. The third-order valence-electron chi connectivity index (χ3n) is 2.86. The molecule has 0 bridgehead atoms. The number of methoxy groups -OCH3 is 1. The van der Waals surface area contributed by atoms with Gasteiger partial charge in [0.1, 0.15) is 5.01 Å². The van der Waals surface area contributed by atoms with Crippen molar-refractivity contribution in [2.24, 2.45) is 0 Å². The summed E-state index contributed by atoms with van der Waals surface area (Å²) in [5.74, 6) is 0.550. The van der Waals surface area contributed by atoms with Gasteiger partial charge in [0.05, 0.1) is 19.2 Å². The summed E-state index contributed by atoms with van der Waals surface area (Å²) in [5.41, 5.74) is 0. The van der Waals surface area contributed by atoms with Crippen LogP contribution in [0, 0.1) is 0 Å². The molecule has 0 radical (unpaired) electrons. The third-order valence-corrected chi connectivity index (χ3v) is 4.18. The summed E-state index contributed by atoms with van der Waals surface area (Å²) in [4.78, 5) is 5.67. The van der Waals surface area contributed by atoms with Crippen LogP contribution in [0.3, 0.4) is 0 Å². The van der Waals surface area contributed by atoms with Gasteiger partial charge in [0.15, 0.2) is 0 Å². The molecule has 116 valence electrons. The van der Waals surface area contributed by atoms with Crippen LogP contribution >= 0.6 is 11.3 Å². The van der Waals surface area contributed by atoms with Gasteiger partial charge in [-0.25, -0.2) is 4.98 Å². The molecule has 2 aromatic rings. The Morgan fingerprint density at radius 3 is 3.00 bits per heavy atom. The highest BCUT2D eigenvalue weighted by atomic mass is 32.1. The lowest BCUT2D eigenvalue weighted by molar-refractivity contribution is 0.198. The topological polar surface area (TPSA) is 85.1 Å². The van der Waals surface area contributed by atoms with Gasteiger partial charge in [-0.05, 0) is 13.3 Å². The molecule has 0 aliphatic carbocycles. The predicted octanol–water partition coefficient (Wildman–Crippen LogP) is 2.00. The highest BCUT2D eigenvalue weighted by Crippen LogP contribution is 2.23. The van der Waals surface area contributed by atoms with Gasteiger partial charge in [-0.1, -0.05) is 12.0 Å². The van der Waals surface area contributed by atoms with Gasteiger partial charge in [-0.2, -0.15) is 0 Å². The Morgan fingerprint density at radius 1 is 1.43 bits per heavy atom. The molecule has 0 aliphatic rings. The van der Waals surface area contributed by atoms with E-state index in [0.717, 1.165) is 18.0 Å². The van der Waals surface area contributed by atoms with Crippen LogP contribution < -0.4 is 10.6 Å².